The standard InChI is InChI=1S/C16H23N3O2/c1-13(20)14-3-5-15(6-4-14)17-16(21)7-8-19-11-9-18(2)10-12-19/h3-6H,7-12H2,1-2H3,(H,17,21). The van der Waals surface area contributed by atoms with Crippen molar-refractivity contribution in [2.45, 2.75) is 13.3 Å². The highest BCUT2D eigenvalue weighted by atomic mass is 16.1. The number of benzene rings is 1. The van der Waals surface area contributed by atoms with Crippen molar-refractivity contribution in [2.24, 2.45) is 0 Å². The molecule has 1 heterocycles. The fraction of sp³-hybridized carbons (Fsp3) is 0.500. The Balaban J connectivity index is 1.75. The third-order valence-electron chi connectivity index (χ3n) is 3.83. The van der Waals surface area contributed by atoms with Crippen LogP contribution in [-0.2, 0) is 4.79 Å². The van der Waals surface area contributed by atoms with Gasteiger partial charge in [0.05, 0.1) is 0 Å². The van der Waals surface area contributed by atoms with E-state index in [2.05, 4.69) is 22.2 Å². The van der Waals surface area contributed by atoms with Crippen molar-refractivity contribution in [3.63, 3.8) is 0 Å². The van der Waals surface area contributed by atoms with Crippen molar-refractivity contribution >= 4 is 17.4 Å². The van der Waals surface area contributed by atoms with Gasteiger partial charge in [-0.2, -0.15) is 0 Å². The van der Waals surface area contributed by atoms with Gasteiger partial charge in [-0.15, -0.1) is 0 Å². The Bertz CT molecular complexity index is 491. The molecule has 0 aromatic heterocycles. The van der Waals surface area contributed by atoms with Crippen LogP contribution < -0.4 is 5.32 Å². The largest absolute Gasteiger partial charge is 0.326 e. The van der Waals surface area contributed by atoms with Crippen LogP contribution in [0.25, 0.3) is 0 Å². The van der Waals surface area contributed by atoms with Crippen LogP contribution in [0.1, 0.15) is 23.7 Å². The predicted molar refractivity (Wildman–Crippen MR) is 83.6 cm³/mol. The number of nitrogens with one attached hydrogen (secondary N) is 1. The zero-order chi connectivity index (χ0) is 15.2. The maximum Gasteiger partial charge on any atom is 0.225 e. The van der Waals surface area contributed by atoms with Gasteiger partial charge in [-0.25, -0.2) is 0 Å². The molecule has 1 fully saturated rings. The molecule has 1 aromatic carbocycles. The van der Waals surface area contributed by atoms with Crippen LogP contribution in [0.15, 0.2) is 24.3 Å². The van der Waals surface area contributed by atoms with Crippen LogP contribution in [0.3, 0.4) is 0 Å². The summed E-state index contributed by atoms with van der Waals surface area (Å²) in [6, 6.07) is 7.01. The molecule has 114 valence electrons. The van der Waals surface area contributed by atoms with Crippen LogP contribution >= 0.6 is 0 Å². The molecule has 21 heavy (non-hydrogen) atoms. The molecule has 0 aliphatic carbocycles. The molecule has 1 aromatic rings. The first-order chi connectivity index (χ1) is 10.0. The summed E-state index contributed by atoms with van der Waals surface area (Å²) in [5.74, 6) is 0.0486. The Hall–Kier alpha value is -1.72. The topological polar surface area (TPSA) is 52.7 Å². The van der Waals surface area contributed by atoms with Crippen molar-refractivity contribution in [3.8, 4) is 0 Å². The number of Topliss-reactive ketones (excluding diaryl/α,β-unsaturated/α-hetero) is 1. The van der Waals surface area contributed by atoms with Crippen molar-refractivity contribution < 1.29 is 9.59 Å². The zero-order valence-electron chi connectivity index (χ0n) is 12.8. The molecule has 1 amide bonds. The molecule has 0 spiro atoms. The minimum Gasteiger partial charge on any atom is -0.326 e. The molecule has 1 aliphatic rings. The highest BCUT2D eigenvalue weighted by molar-refractivity contribution is 5.95. The smallest absolute Gasteiger partial charge is 0.225 e. The van der Waals surface area contributed by atoms with Gasteiger partial charge in [-0.05, 0) is 38.2 Å². The van der Waals surface area contributed by atoms with Crippen LogP contribution in [0.4, 0.5) is 5.69 Å². The third-order valence-corrected chi connectivity index (χ3v) is 3.83. The highest BCUT2D eigenvalue weighted by Gasteiger charge is 2.14. The van der Waals surface area contributed by atoms with E-state index in [4.69, 9.17) is 0 Å². The Morgan fingerprint density at radius 1 is 1.10 bits per heavy atom. The number of anilines is 1. The Kier molecular flexibility index (Phi) is 5.47. The van der Waals surface area contributed by atoms with Crippen molar-refractivity contribution in [3.05, 3.63) is 29.8 Å². The number of hydrogen-bond donors (Lipinski definition) is 1. The van der Waals surface area contributed by atoms with E-state index < -0.39 is 0 Å². The number of likely N-dealkylation sites (N-methyl/N-ethyl adjacent to an activating group) is 1. The average Bonchev–Trinajstić information content (AvgIpc) is 2.47. The second kappa shape index (κ2) is 7.33. The normalized spacial score (nSPS) is 16.7. The summed E-state index contributed by atoms with van der Waals surface area (Å²) in [5, 5.41) is 2.87. The summed E-state index contributed by atoms with van der Waals surface area (Å²) in [6.45, 7) is 6.51. The van der Waals surface area contributed by atoms with Crippen LogP contribution in [0.2, 0.25) is 0 Å². The lowest BCUT2D eigenvalue weighted by molar-refractivity contribution is -0.116. The summed E-state index contributed by atoms with van der Waals surface area (Å²) < 4.78 is 0. The van der Waals surface area contributed by atoms with Gasteiger partial charge in [-0.3, -0.25) is 9.59 Å². The van der Waals surface area contributed by atoms with Gasteiger partial charge in [0.25, 0.3) is 0 Å². The molecule has 0 radical (unpaired) electrons. The Morgan fingerprint density at radius 3 is 2.29 bits per heavy atom. The number of amides is 1. The van der Waals surface area contributed by atoms with Gasteiger partial charge in [0, 0.05) is 50.4 Å². The van der Waals surface area contributed by atoms with Gasteiger partial charge < -0.3 is 15.1 Å². The maximum atomic E-state index is 11.9. The molecule has 2 rings (SSSR count). The molecular formula is C16H23N3O2. The zero-order valence-corrected chi connectivity index (χ0v) is 12.8. The predicted octanol–water partition coefficient (Wildman–Crippen LogP) is 1.47. The number of hydrogen-bond acceptors (Lipinski definition) is 4. The van der Waals surface area contributed by atoms with Crippen molar-refractivity contribution in [1.29, 1.82) is 0 Å². The van der Waals surface area contributed by atoms with E-state index >= 15 is 0 Å². The van der Waals surface area contributed by atoms with Gasteiger partial charge in [0.2, 0.25) is 5.91 Å². The first-order valence-electron chi connectivity index (χ1n) is 7.36. The third kappa shape index (κ3) is 4.95. The lowest BCUT2D eigenvalue weighted by atomic mass is 10.1. The van der Waals surface area contributed by atoms with E-state index in [1.165, 1.54) is 6.92 Å². The van der Waals surface area contributed by atoms with Crippen LogP contribution in [0, 0.1) is 0 Å². The van der Waals surface area contributed by atoms with Gasteiger partial charge in [-0.1, -0.05) is 0 Å². The molecule has 1 aliphatic heterocycles. The Labute approximate surface area is 125 Å². The van der Waals surface area contributed by atoms with Crippen molar-refractivity contribution in [1.82, 2.24) is 9.80 Å². The lowest BCUT2D eigenvalue weighted by Gasteiger charge is -2.32. The van der Waals surface area contributed by atoms with E-state index in [9.17, 15) is 9.59 Å². The average molecular weight is 289 g/mol. The fourth-order valence-electron chi connectivity index (χ4n) is 2.34. The summed E-state index contributed by atoms with van der Waals surface area (Å²) in [6.07, 6.45) is 0.498. The van der Waals surface area contributed by atoms with E-state index in [1.54, 1.807) is 24.3 Å². The fourth-order valence-corrected chi connectivity index (χ4v) is 2.34. The molecule has 0 atom stereocenters. The minimum atomic E-state index is 0.0181. The second-order valence-corrected chi connectivity index (χ2v) is 5.58. The summed E-state index contributed by atoms with van der Waals surface area (Å²) >= 11 is 0. The number of rotatable bonds is 5. The number of carbonyl (C=O) groups is 2. The first kappa shape index (κ1) is 15.7. The first-order valence-corrected chi connectivity index (χ1v) is 7.36. The van der Waals surface area contributed by atoms with Gasteiger partial charge in [0.1, 0.15) is 0 Å². The Morgan fingerprint density at radius 2 is 1.71 bits per heavy atom. The molecule has 0 bridgehead atoms. The van der Waals surface area contributed by atoms with E-state index in [1.807, 2.05) is 0 Å². The minimum absolute atomic E-state index is 0.0181. The van der Waals surface area contributed by atoms with Crippen LogP contribution in [-0.4, -0.2) is 61.3 Å². The summed E-state index contributed by atoms with van der Waals surface area (Å²) in [7, 11) is 2.12. The molecule has 1 N–H and O–H groups in total. The quantitative estimate of drug-likeness (QED) is 0.834. The number of nitrogens with zero attached hydrogens (tertiary/aromatic N) is 2. The second-order valence-electron chi connectivity index (χ2n) is 5.58. The van der Waals surface area contributed by atoms with E-state index in [0.717, 1.165) is 38.4 Å². The van der Waals surface area contributed by atoms with Crippen LogP contribution in [0.5, 0.6) is 0 Å². The summed E-state index contributed by atoms with van der Waals surface area (Å²) in [4.78, 5) is 27.7. The molecule has 0 unspecified atom stereocenters. The molecule has 1 saturated heterocycles. The number of piperazine rings is 1. The van der Waals surface area contributed by atoms with E-state index in [0.29, 0.717) is 12.0 Å². The van der Waals surface area contributed by atoms with Gasteiger partial charge >= 0.3 is 0 Å². The van der Waals surface area contributed by atoms with Crippen molar-refractivity contribution in [2.75, 3.05) is 45.1 Å². The SMILES string of the molecule is CC(=O)c1ccc(NC(=O)CCN2CCN(C)CC2)cc1. The lowest BCUT2D eigenvalue weighted by Crippen LogP contribution is -2.45. The molecule has 5 nitrogen and oxygen atoms in total. The van der Waals surface area contributed by atoms with E-state index in [-0.39, 0.29) is 11.7 Å². The molecular weight excluding hydrogens is 266 g/mol. The monoisotopic (exact) mass is 289 g/mol. The molecule has 0 saturated carbocycles. The number of carbonyl (C=O) groups excluding carboxylic acids is 2. The maximum absolute atomic E-state index is 11.9. The molecule has 5 heteroatoms. The van der Waals surface area contributed by atoms with Gasteiger partial charge in [0.15, 0.2) is 5.78 Å². The number of ketones is 1. The summed E-state index contributed by atoms with van der Waals surface area (Å²) in [5.41, 5.74) is 1.40. The highest BCUT2D eigenvalue weighted by Crippen LogP contribution is 2.10.